The van der Waals surface area contributed by atoms with Crippen molar-refractivity contribution in [3.63, 3.8) is 0 Å². The normalized spacial score (nSPS) is 17.5. The van der Waals surface area contributed by atoms with Crippen molar-refractivity contribution in [2.24, 2.45) is 0 Å². The molecule has 3 N–H and O–H groups in total. The molecule has 1 heterocycles. The van der Waals surface area contributed by atoms with Gasteiger partial charge in [0.05, 0.1) is 6.33 Å². The van der Waals surface area contributed by atoms with Crippen LogP contribution in [0, 0.1) is 0 Å². The zero-order valence-electron chi connectivity index (χ0n) is 29.5. The van der Waals surface area contributed by atoms with Gasteiger partial charge < -0.3 is 30.0 Å². The molecule has 4 aromatic carbocycles. The topological polar surface area (TPSA) is 126 Å². The SMILES string of the molecule is C[C@@H](C(=O)NCC1(c2ccccc2)CCC1c1ccc(OCc2ccccc2)cc1)N(C)C(=O)[C@H](Cc1cnc[nH]1)NC(=O)OCc1ccccc1. The number of likely N-dealkylation sites (N-methyl/N-ethyl adjacent to an activating group) is 1. The first-order valence-electron chi connectivity index (χ1n) is 17.6. The highest BCUT2D eigenvalue weighted by atomic mass is 16.5. The lowest BCUT2D eigenvalue weighted by Crippen LogP contribution is -2.56. The van der Waals surface area contributed by atoms with Gasteiger partial charge in [0.2, 0.25) is 11.8 Å². The van der Waals surface area contributed by atoms with E-state index in [1.54, 1.807) is 20.2 Å². The quantitative estimate of drug-likeness (QED) is 0.118. The molecule has 0 radical (unpaired) electrons. The fourth-order valence-corrected chi connectivity index (χ4v) is 6.82. The second-order valence-electron chi connectivity index (χ2n) is 13.3. The molecule has 1 aliphatic carbocycles. The molecule has 52 heavy (non-hydrogen) atoms. The number of ether oxygens (including phenoxy) is 2. The number of imidazole rings is 1. The third kappa shape index (κ3) is 8.69. The van der Waals surface area contributed by atoms with E-state index in [9.17, 15) is 14.4 Å². The molecule has 268 valence electrons. The number of nitrogens with one attached hydrogen (secondary N) is 3. The molecular weight excluding hydrogens is 654 g/mol. The number of hydrogen-bond donors (Lipinski definition) is 3. The van der Waals surface area contributed by atoms with Crippen LogP contribution in [0.25, 0.3) is 0 Å². The Kier molecular flexibility index (Phi) is 11.7. The first-order chi connectivity index (χ1) is 25.3. The first kappa shape index (κ1) is 35.9. The van der Waals surface area contributed by atoms with Gasteiger partial charge in [0.1, 0.15) is 31.0 Å². The van der Waals surface area contributed by atoms with Gasteiger partial charge in [-0.05, 0) is 60.1 Å². The summed E-state index contributed by atoms with van der Waals surface area (Å²) < 4.78 is 11.4. The predicted octanol–water partition coefficient (Wildman–Crippen LogP) is 6.30. The van der Waals surface area contributed by atoms with Crippen molar-refractivity contribution in [1.29, 1.82) is 0 Å². The van der Waals surface area contributed by atoms with E-state index in [1.165, 1.54) is 16.8 Å². The highest BCUT2D eigenvalue weighted by Gasteiger charge is 2.49. The van der Waals surface area contributed by atoms with E-state index in [-0.39, 0.29) is 30.3 Å². The van der Waals surface area contributed by atoms with Gasteiger partial charge in [-0.3, -0.25) is 9.59 Å². The number of aromatic amines is 1. The molecule has 0 aliphatic heterocycles. The summed E-state index contributed by atoms with van der Waals surface area (Å²) in [7, 11) is 1.57. The van der Waals surface area contributed by atoms with Crippen molar-refractivity contribution in [2.75, 3.05) is 13.6 Å². The third-order valence-electron chi connectivity index (χ3n) is 10.1. The van der Waals surface area contributed by atoms with E-state index < -0.39 is 24.1 Å². The number of alkyl carbamates (subject to hydrolysis) is 1. The predicted molar refractivity (Wildman–Crippen MR) is 198 cm³/mol. The Labute approximate surface area is 304 Å². The summed E-state index contributed by atoms with van der Waals surface area (Å²) in [4.78, 5) is 48.8. The Morgan fingerprint density at radius 3 is 2.12 bits per heavy atom. The minimum Gasteiger partial charge on any atom is -0.489 e. The van der Waals surface area contributed by atoms with Gasteiger partial charge >= 0.3 is 6.09 Å². The maximum Gasteiger partial charge on any atom is 0.408 e. The van der Waals surface area contributed by atoms with E-state index in [4.69, 9.17) is 9.47 Å². The lowest BCUT2D eigenvalue weighted by atomic mass is 9.54. The van der Waals surface area contributed by atoms with Gasteiger partial charge in [-0.2, -0.15) is 0 Å². The van der Waals surface area contributed by atoms with Gasteiger partial charge in [-0.1, -0.05) is 103 Å². The lowest BCUT2D eigenvalue weighted by molar-refractivity contribution is -0.140. The smallest absolute Gasteiger partial charge is 0.408 e. The van der Waals surface area contributed by atoms with Crippen molar-refractivity contribution in [3.05, 3.63) is 156 Å². The number of rotatable bonds is 15. The molecule has 1 saturated carbocycles. The van der Waals surface area contributed by atoms with Gasteiger partial charge in [0.25, 0.3) is 0 Å². The number of benzene rings is 4. The van der Waals surface area contributed by atoms with Gasteiger partial charge in [0.15, 0.2) is 0 Å². The lowest BCUT2D eigenvalue weighted by Gasteiger charge is -2.51. The van der Waals surface area contributed by atoms with Crippen LogP contribution in [0.15, 0.2) is 128 Å². The van der Waals surface area contributed by atoms with E-state index in [0.29, 0.717) is 18.8 Å². The second-order valence-corrected chi connectivity index (χ2v) is 13.3. The molecular formula is C42H45N5O5. The number of nitrogens with zero attached hydrogens (tertiary/aromatic N) is 2. The average Bonchev–Trinajstić information content (AvgIpc) is 3.70. The summed E-state index contributed by atoms with van der Waals surface area (Å²) in [6.45, 7) is 2.65. The van der Waals surface area contributed by atoms with Gasteiger partial charge in [-0.25, -0.2) is 9.78 Å². The molecule has 0 saturated heterocycles. The Morgan fingerprint density at radius 1 is 0.885 bits per heavy atom. The molecule has 0 bridgehead atoms. The number of hydrogen-bond acceptors (Lipinski definition) is 6. The standard InChI is InChI=1S/C42H45N5O5/c1-30(47(2)40(49)38(24-35-25-43-29-45-35)46-41(50)52-27-32-14-8-4-9-15-32)39(48)44-28-42(34-16-10-5-11-17-34)23-22-37(42)33-18-20-36(21-19-33)51-26-31-12-6-3-7-13-31/h3-21,25,29-30,37-38H,22-24,26-28H2,1-2H3,(H,43,45)(H,44,48)(H,46,50)/t30-,37?,38-,42?/m0/s1. The minimum absolute atomic E-state index is 0.0582. The molecule has 6 rings (SSSR count). The highest BCUT2D eigenvalue weighted by molar-refractivity contribution is 5.91. The van der Waals surface area contributed by atoms with Crippen LogP contribution < -0.4 is 15.4 Å². The van der Waals surface area contributed by atoms with Crippen molar-refractivity contribution in [1.82, 2.24) is 25.5 Å². The molecule has 2 unspecified atom stereocenters. The summed E-state index contributed by atoms with van der Waals surface area (Å²) in [5.41, 5.74) is 4.61. The number of amides is 3. The maximum atomic E-state index is 13.8. The van der Waals surface area contributed by atoms with Gasteiger partial charge in [-0.15, -0.1) is 0 Å². The van der Waals surface area contributed by atoms with Gasteiger partial charge in [0, 0.05) is 37.3 Å². The van der Waals surface area contributed by atoms with Crippen LogP contribution in [0.5, 0.6) is 5.75 Å². The fourth-order valence-electron chi connectivity index (χ4n) is 6.82. The largest absolute Gasteiger partial charge is 0.489 e. The summed E-state index contributed by atoms with van der Waals surface area (Å²) in [6, 6.07) is 36.1. The van der Waals surface area contributed by atoms with Crippen molar-refractivity contribution in [3.8, 4) is 5.75 Å². The summed E-state index contributed by atoms with van der Waals surface area (Å²) in [5.74, 6) is 0.269. The molecule has 1 aliphatic rings. The molecule has 1 fully saturated rings. The van der Waals surface area contributed by atoms with Crippen molar-refractivity contribution >= 4 is 17.9 Å². The number of H-pyrrole nitrogens is 1. The zero-order chi connectivity index (χ0) is 36.3. The Morgan fingerprint density at radius 2 is 1.52 bits per heavy atom. The number of carbonyl (C=O) groups is 3. The van der Waals surface area contributed by atoms with Crippen LogP contribution >= 0.6 is 0 Å². The maximum absolute atomic E-state index is 13.8. The van der Waals surface area contributed by atoms with E-state index in [2.05, 4.69) is 44.9 Å². The zero-order valence-corrected chi connectivity index (χ0v) is 29.5. The number of aromatic nitrogens is 2. The van der Waals surface area contributed by atoms with E-state index in [1.807, 2.05) is 91.0 Å². The third-order valence-corrected chi connectivity index (χ3v) is 10.1. The molecule has 5 aromatic rings. The molecule has 1 aromatic heterocycles. The summed E-state index contributed by atoms with van der Waals surface area (Å²) in [5, 5.41) is 5.89. The fraction of sp³-hybridized carbons (Fsp3) is 0.286. The molecule has 3 amide bonds. The van der Waals surface area contributed by atoms with Crippen molar-refractivity contribution in [2.45, 2.75) is 62.8 Å². The number of carbonyl (C=O) groups excluding carboxylic acids is 3. The van der Waals surface area contributed by atoms with Crippen LogP contribution in [-0.4, -0.2) is 58.5 Å². The van der Waals surface area contributed by atoms with E-state index >= 15 is 0 Å². The van der Waals surface area contributed by atoms with Crippen LogP contribution in [0.3, 0.4) is 0 Å². The van der Waals surface area contributed by atoms with E-state index in [0.717, 1.165) is 35.3 Å². The van der Waals surface area contributed by atoms with Crippen molar-refractivity contribution < 1.29 is 23.9 Å². The molecule has 4 atom stereocenters. The second kappa shape index (κ2) is 16.9. The monoisotopic (exact) mass is 699 g/mol. The average molecular weight is 700 g/mol. The Balaban J connectivity index is 1.11. The Bertz CT molecular complexity index is 1890. The molecule has 10 nitrogen and oxygen atoms in total. The van der Waals surface area contributed by atoms with Crippen LogP contribution in [0.2, 0.25) is 0 Å². The molecule has 0 spiro atoms. The van der Waals surface area contributed by atoms with Crippen LogP contribution in [-0.2, 0) is 39.4 Å². The summed E-state index contributed by atoms with van der Waals surface area (Å²) in [6.07, 6.45) is 4.39. The first-order valence-corrected chi connectivity index (χ1v) is 17.6. The van der Waals surface area contributed by atoms with Crippen LogP contribution in [0.4, 0.5) is 4.79 Å². The minimum atomic E-state index is -0.990. The summed E-state index contributed by atoms with van der Waals surface area (Å²) >= 11 is 0. The van der Waals surface area contributed by atoms with Crippen LogP contribution in [0.1, 0.15) is 53.6 Å². The molecule has 10 heteroatoms. The Hall–Kier alpha value is -5.90. The highest BCUT2D eigenvalue weighted by Crippen LogP contribution is 2.54.